The van der Waals surface area contributed by atoms with Crippen LogP contribution in [0, 0.1) is 0 Å². The molecule has 0 atom stereocenters. The maximum Gasteiger partial charge on any atom is 0.266 e. The Labute approximate surface area is 179 Å². The molecular formula is C22H16BrN3O2S. The predicted octanol–water partition coefficient (Wildman–Crippen LogP) is 4.88. The van der Waals surface area contributed by atoms with Gasteiger partial charge in [0.15, 0.2) is 5.16 Å². The molecule has 4 rings (SSSR count). The van der Waals surface area contributed by atoms with Gasteiger partial charge in [-0.2, -0.15) is 0 Å². The summed E-state index contributed by atoms with van der Waals surface area (Å²) in [5.41, 5.74) is 1.88. The van der Waals surface area contributed by atoms with Crippen molar-refractivity contribution < 1.29 is 4.79 Å². The second-order valence-electron chi connectivity index (χ2n) is 6.23. The molecule has 0 bridgehead atoms. The van der Waals surface area contributed by atoms with Gasteiger partial charge in [0.25, 0.3) is 5.56 Å². The molecule has 5 nitrogen and oxygen atoms in total. The average Bonchev–Trinajstić information content (AvgIpc) is 2.75. The zero-order valence-electron chi connectivity index (χ0n) is 15.2. The minimum atomic E-state index is -0.167. The van der Waals surface area contributed by atoms with E-state index in [4.69, 9.17) is 0 Å². The first kappa shape index (κ1) is 19.4. The molecule has 0 saturated heterocycles. The largest absolute Gasteiger partial charge is 0.325 e. The van der Waals surface area contributed by atoms with Gasteiger partial charge in [-0.25, -0.2) is 4.98 Å². The minimum Gasteiger partial charge on any atom is -0.325 e. The van der Waals surface area contributed by atoms with Crippen molar-refractivity contribution >= 4 is 50.2 Å². The number of carbonyl (C=O) groups excluding carboxylic acids is 1. The van der Waals surface area contributed by atoms with E-state index in [1.807, 2.05) is 66.7 Å². The van der Waals surface area contributed by atoms with E-state index in [9.17, 15) is 9.59 Å². The first-order valence-electron chi connectivity index (χ1n) is 8.87. The maximum absolute atomic E-state index is 13.1. The molecule has 4 aromatic rings. The fraction of sp³-hybridized carbons (Fsp3) is 0.0455. The number of halogens is 1. The number of thioether (sulfide) groups is 1. The van der Waals surface area contributed by atoms with E-state index >= 15 is 0 Å². The minimum absolute atomic E-state index is 0.133. The molecule has 0 unspecified atom stereocenters. The first-order chi connectivity index (χ1) is 14.1. The molecule has 7 heteroatoms. The summed E-state index contributed by atoms with van der Waals surface area (Å²) in [5, 5.41) is 3.87. The van der Waals surface area contributed by atoms with E-state index in [1.165, 1.54) is 11.8 Å². The molecule has 0 spiro atoms. The number of para-hydroxylation sites is 2. The fourth-order valence-electron chi connectivity index (χ4n) is 2.87. The standard InChI is InChI=1S/C22H16BrN3O2S/c23-15-10-12-16(13-11-15)24-20(27)14-29-22-25-19-9-5-4-8-18(19)21(28)26(22)17-6-2-1-3-7-17/h1-13H,14H2,(H,24,27). The van der Waals surface area contributed by atoms with Gasteiger partial charge in [0.1, 0.15) is 0 Å². The lowest BCUT2D eigenvalue weighted by Gasteiger charge is -2.13. The summed E-state index contributed by atoms with van der Waals surface area (Å²) in [6.07, 6.45) is 0. The number of aromatic nitrogens is 2. The Morgan fingerprint density at radius 2 is 1.66 bits per heavy atom. The van der Waals surface area contributed by atoms with Crippen molar-refractivity contribution in [3.8, 4) is 5.69 Å². The van der Waals surface area contributed by atoms with Gasteiger partial charge in [-0.3, -0.25) is 14.2 Å². The number of hydrogen-bond acceptors (Lipinski definition) is 4. The van der Waals surface area contributed by atoms with Crippen LogP contribution in [0.3, 0.4) is 0 Å². The lowest BCUT2D eigenvalue weighted by molar-refractivity contribution is -0.113. The van der Waals surface area contributed by atoms with Crippen LogP contribution in [-0.2, 0) is 4.79 Å². The van der Waals surface area contributed by atoms with E-state index in [2.05, 4.69) is 26.2 Å². The number of hydrogen-bond donors (Lipinski definition) is 1. The van der Waals surface area contributed by atoms with Crippen molar-refractivity contribution in [3.05, 3.63) is 93.7 Å². The van der Waals surface area contributed by atoms with Crippen molar-refractivity contribution in [2.24, 2.45) is 0 Å². The summed E-state index contributed by atoms with van der Waals surface area (Å²) in [4.78, 5) is 30.2. The summed E-state index contributed by atoms with van der Waals surface area (Å²) in [5.74, 6) is -0.0347. The van der Waals surface area contributed by atoms with Crippen LogP contribution in [0.1, 0.15) is 0 Å². The van der Waals surface area contributed by atoms with Gasteiger partial charge in [0.05, 0.1) is 22.3 Å². The van der Waals surface area contributed by atoms with Gasteiger partial charge in [-0.1, -0.05) is 58.0 Å². The fourth-order valence-corrected chi connectivity index (χ4v) is 3.95. The third-order valence-corrected chi connectivity index (χ3v) is 5.69. The van der Waals surface area contributed by atoms with Crippen molar-refractivity contribution in [1.82, 2.24) is 9.55 Å². The normalized spacial score (nSPS) is 10.8. The summed E-state index contributed by atoms with van der Waals surface area (Å²) in [6.45, 7) is 0. The van der Waals surface area contributed by atoms with Gasteiger partial charge in [0, 0.05) is 10.2 Å². The van der Waals surface area contributed by atoms with E-state index in [0.717, 1.165) is 4.47 Å². The van der Waals surface area contributed by atoms with E-state index < -0.39 is 0 Å². The Morgan fingerprint density at radius 1 is 0.966 bits per heavy atom. The summed E-state index contributed by atoms with van der Waals surface area (Å²) in [6, 6.07) is 23.9. The zero-order valence-corrected chi connectivity index (χ0v) is 17.6. The Bertz CT molecular complexity index is 1220. The van der Waals surface area contributed by atoms with Crippen LogP contribution in [0.25, 0.3) is 16.6 Å². The molecule has 3 aromatic carbocycles. The van der Waals surface area contributed by atoms with Crippen LogP contribution in [-0.4, -0.2) is 21.2 Å². The summed E-state index contributed by atoms with van der Waals surface area (Å²) in [7, 11) is 0. The molecule has 0 saturated carbocycles. The number of carbonyl (C=O) groups is 1. The molecule has 1 N–H and O–H groups in total. The van der Waals surface area contributed by atoms with Crippen LogP contribution < -0.4 is 10.9 Å². The molecule has 1 aromatic heterocycles. The highest BCUT2D eigenvalue weighted by molar-refractivity contribution is 9.10. The monoisotopic (exact) mass is 465 g/mol. The number of rotatable bonds is 5. The van der Waals surface area contributed by atoms with Crippen LogP contribution in [0.15, 0.2) is 93.3 Å². The Kier molecular flexibility index (Phi) is 5.78. The Morgan fingerprint density at radius 3 is 2.41 bits per heavy atom. The quantitative estimate of drug-likeness (QED) is 0.337. The molecule has 0 fully saturated rings. The zero-order chi connectivity index (χ0) is 20.2. The Balaban J connectivity index is 1.64. The maximum atomic E-state index is 13.1. The van der Waals surface area contributed by atoms with E-state index in [1.54, 1.807) is 16.7 Å². The van der Waals surface area contributed by atoms with Gasteiger partial charge in [0.2, 0.25) is 5.91 Å². The second-order valence-corrected chi connectivity index (χ2v) is 8.09. The third-order valence-electron chi connectivity index (χ3n) is 4.22. The lowest BCUT2D eigenvalue weighted by atomic mass is 10.2. The van der Waals surface area contributed by atoms with Crippen molar-refractivity contribution in [2.75, 3.05) is 11.1 Å². The smallest absolute Gasteiger partial charge is 0.266 e. The summed E-state index contributed by atoms with van der Waals surface area (Å²) >= 11 is 4.60. The number of fused-ring (bicyclic) bond motifs is 1. The molecule has 144 valence electrons. The van der Waals surface area contributed by atoms with E-state index in [-0.39, 0.29) is 17.2 Å². The second kappa shape index (κ2) is 8.63. The third kappa shape index (κ3) is 4.41. The van der Waals surface area contributed by atoms with Crippen LogP contribution in [0.4, 0.5) is 5.69 Å². The number of nitrogens with zero attached hydrogens (tertiary/aromatic N) is 2. The predicted molar refractivity (Wildman–Crippen MR) is 121 cm³/mol. The molecule has 1 amide bonds. The number of amides is 1. The van der Waals surface area contributed by atoms with Gasteiger partial charge in [-0.05, 0) is 48.5 Å². The van der Waals surface area contributed by atoms with Crippen molar-refractivity contribution in [2.45, 2.75) is 5.16 Å². The van der Waals surface area contributed by atoms with Crippen LogP contribution in [0.5, 0.6) is 0 Å². The molecule has 0 aliphatic heterocycles. The highest BCUT2D eigenvalue weighted by atomic mass is 79.9. The van der Waals surface area contributed by atoms with Crippen LogP contribution >= 0.6 is 27.7 Å². The van der Waals surface area contributed by atoms with Gasteiger partial charge >= 0.3 is 0 Å². The van der Waals surface area contributed by atoms with Crippen LogP contribution in [0.2, 0.25) is 0 Å². The molecule has 29 heavy (non-hydrogen) atoms. The average molecular weight is 466 g/mol. The SMILES string of the molecule is O=C(CSc1nc2ccccc2c(=O)n1-c1ccccc1)Nc1ccc(Br)cc1. The number of anilines is 1. The molecule has 0 aliphatic rings. The van der Waals surface area contributed by atoms with Gasteiger partial charge < -0.3 is 5.32 Å². The summed E-state index contributed by atoms with van der Waals surface area (Å²) < 4.78 is 2.50. The first-order valence-corrected chi connectivity index (χ1v) is 10.6. The highest BCUT2D eigenvalue weighted by Crippen LogP contribution is 2.22. The number of benzene rings is 3. The van der Waals surface area contributed by atoms with E-state index in [0.29, 0.717) is 27.4 Å². The Hall–Kier alpha value is -2.90. The highest BCUT2D eigenvalue weighted by Gasteiger charge is 2.14. The van der Waals surface area contributed by atoms with Crippen molar-refractivity contribution in [1.29, 1.82) is 0 Å². The molecule has 0 radical (unpaired) electrons. The number of nitrogens with one attached hydrogen (secondary N) is 1. The molecule has 0 aliphatic carbocycles. The lowest BCUT2D eigenvalue weighted by Crippen LogP contribution is -2.22. The van der Waals surface area contributed by atoms with Crippen molar-refractivity contribution in [3.63, 3.8) is 0 Å². The van der Waals surface area contributed by atoms with Gasteiger partial charge in [-0.15, -0.1) is 0 Å². The molecule has 1 heterocycles. The topological polar surface area (TPSA) is 64.0 Å². The molecular weight excluding hydrogens is 450 g/mol.